The summed E-state index contributed by atoms with van der Waals surface area (Å²) in [5, 5.41) is 3.18. The summed E-state index contributed by atoms with van der Waals surface area (Å²) < 4.78 is 10.8. The minimum Gasteiger partial charge on any atom is -0.493 e. The summed E-state index contributed by atoms with van der Waals surface area (Å²) in [6.45, 7) is 0.267. The number of halogens is 1. The third-order valence-corrected chi connectivity index (χ3v) is 6.09. The highest BCUT2D eigenvalue weighted by Crippen LogP contribution is 2.33. The maximum Gasteiger partial charge on any atom is 0.247 e. The summed E-state index contributed by atoms with van der Waals surface area (Å²) in [4.78, 5) is 28.1. The average Bonchev–Trinajstić information content (AvgIpc) is 2.84. The average molecular weight is 459 g/mol. The van der Waals surface area contributed by atoms with E-state index in [1.54, 1.807) is 37.3 Å². The number of carbonyl (C=O) groups excluding carboxylic acids is 2. The molecule has 0 unspecified atom stereocenters. The Kier molecular flexibility index (Phi) is 8.80. The topological polar surface area (TPSA) is 67.9 Å². The molecule has 0 saturated heterocycles. The van der Waals surface area contributed by atoms with Crippen molar-refractivity contribution in [2.45, 2.75) is 50.7 Å². The van der Waals surface area contributed by atoms with Gasteiger partial charge in [-0.05, 0) is 36.1 Å². The van der Waals surface area contributed by atoms with E-state index in [1.165, 1.54) is 6.42 Å². The molecule has 3 rings (SSSR count). The molecule has 1 saturated carbocycles. The lowest BCUT2D eigenvalue weighted by molar-refractivity contribution is -0.140. The van der Waals surface area contributed by atoms with Crippen molar-refractivity contribution in [1.29, 1.82) is 0 Å². The van der Waals surface area contributed by atoms with E-state index in [9.17, 15) is 9.59 Å². The van der Waals surface area contributed by atoms with Gasteiger partial charge in [-0.15, -0.1) is 11.6 Å². The Morgan fingerprint density at radius 1 is 1.03 bits per heavy atom. The van der Waals surface area contributed by atoms with Crippen molar-refractivity contribution in [3.63, 3.8) is 0 Å². The Labute approximate surface area is 194 Å². The van der Waals surface area contributed by atoms with Gasteiger partial charge in [-0.2, -0.15) is 0 Å². The summed E-state index contributed by atoms with van der Waals surface area (Å²) in [6, 6.07) is 14.2. The van der Waals surface area contributed by atoms with E-state index in [2.05, 4.69) is 5.32 Å². The van der Waals surface area contributed by atoms with Crippen LogP contribution in [0.3, 0.4) is 0 Å². The molecular weight excluding hydrogens is 428 g/mol. The molecule has 1 atom stereocenters. The Bertz CT molecular complexity index is 900. The van der Waals surface area contributed by atoms with Gasteiger partial charge in [0.1, 0.15) is 11.9 Å². The number of hydrogen-bond acceptors (Lipinski definition) is 4. The van der Waals surface area contributed by atoms with Crippen LogP contribution in [-0.4, -0.2) is 42.9 Å². The summed E-state index contributed by atoms with van der Waals surface area (Å²) in [7, 11) is 3.11. The number of hydrogen-bond donors (Lipinski definition) is 1. The second kappa shape index (κ2) is 11.8. The molecule has 0 spiro atoms. The first kappa shape index (κ1) is 23.9. The number of nitrogens with zero attached hydrogens (tertiary/aromatic N) is 1. The molecule has 1 fully saturated rings. The second-order valence-electron chi connectivity index (χ2n) is 8.00. The van der Waals surface area contributed by atoms with Crippen LogP contribution in [0.5, 0.6) is 11.5 Å². The van der Waals surface area contributed by atoms with Gasteiger partial charge in [0.05, 0.1) is 14.2 Å². The normalized spacial score (nSPS) is 15.0. The molecule has 0 bridgehead atoms. The maximum absolute atomic E-state index is 13.6. The predicted octanol–water partition coefficient (Wildman–Crippen LogP) is 4.46. The lowest BCUT2D eigenvalue weighted by Gasteiger charge is -2.33. The van der Waals surface area contributed by atoms with Gasteiger partial charge in [0.2, 0.25) is 11.8 Å². The quantitative estimate of drug-likeness (QED) is 0.563. The van der Waals surface area contributed by atoms with Crippen LogP contribution in [0.15, 0.2) is 48.5 Å². The number of alkyl halides is 1. The van der Waals surface area contributed by atoms with Crippen LogP contribution in [0.2, 0.25) is 0 Å². The van der Waals surface area contributed by atoms with Crippen molar-refractivity contribution in [2.75, 3.05) is 20.1 Å². The molecular formula is C25H31ClN2O4. The zero-order valence-corrected chi connectivity index (χ0v) is 19.4. The SMILES string of the molecule is COc1ccc([C@@H](C(=O)NC2CCCCC2)N(Cc2ccccc2)C(=O)CCl)cc1OC. The monoisotopic (exact) mass is 458 g/mol. The largest absolute Gasteiger partial charge is 0.493 e. The fourth-order valence-corrected chi connectivity index (χ4v) is 4.36. The third-order valence-electron chi connectivity index (χ3n) is 5.87. The molecule has 32 heavy (non-hydrogen) atoms. The number of methoxy groups -OCH3 is 2. The highest BCUT2D eigenvalue weighted by atomic mass is 35.5. The van der Waals surface area contributed by atoms with E-state index in [-0.39, 0.29) is 30.3 Å². The molecule has 0 heterocycles. The molecule has 0 aromatic heterocycles. The van der Waals surface area contributed by atoms with Crippen LogP contribution in [0.25, 0.3) is 0 Å². The zero-order valence-electron chi connectivity index (χ0n) is 18.7. The van der Waals surface area contributed by atoms with E-state index in [1.807, 2.05) is 30.3 Å². The molecule has 7 heteroatoms. The minimum absolute atomic E-state index is 0.114. The molecule has 2 amide bonds. The maximum atomic E-state index is 13.6. The van der Waals surface area contributed by atoms with E-state index < -0.39 is 6.04 Å². The van der Waals surface area contributed by atoms with Crippen LogP contribution in [0.4, 0.5) is 0 Å². The Hall–Kier alpha value is -2.73. The lowest BCUT2D eigenvalue weighted by atomic mass is 9.94. The molecule has 1 aliphatic carbocycles. The number of nitrogens with one attached hydrogen (secondary N) is 1. The minimum atomic E-state index is -0.844. The summed E-state index contributed by atoms with van der Waals surface area (Å²) in [5.74, 6) is 0.319. The van der Waals surface area contributed by atoms with Crippen LogP contribution in [-0.2, 0) is 16.1 Å². The molecule has 6 nitrogen and oxygen atoms in total. The molecule has 172 valence electrons. The summed E-state index contributed by atoms with van der Waals surface area (Å²) >= 11 is 5.98. The molecule has 2 aromatic carbocycles. The first-order valence-corrected chi connectivity index (χ1v) is 11.5. The number of amides is 2. The van der Waals surface area contributed by atoms with Gasteiger partial charge in [-0.1, -0.05) is 55.7 Å². The highest BCUT2D eigenvalue weighted by Gasteiger charge is 2.33. The summed E-state index contributed by atoms with van der Waals surface area (Å²) in [6.07, 6.45) is 5.29. The number of rotatable bonds is 9. The second-order valence-corrected chi connectivity index (χ2v) is 8.27. The first-order chi connectivity index (χ1) is 15.6. The van der Waals surface area contributed by atoms with Crippen LogP contribution in [0.1, 0.15) is 49.3 Å². The highest BCUT2D eigenvalue weighted by molar-refractivity contribution is 6.27. The van der Waals surface area contributed by atoms with Gasteiger partial charge in [-0.3, -0.25) is 9.59 Å². The van der Waals surface area contributed by atoms with Gasteiger partial charge in [0, 0.05) is 12.6 Å². The predicted molar refractivity (Wildman–Crippen MR) is 125 cm³/mol. The molecule has 0 radical (unpaired) electrons. The zero-order chi connectivity index (χ0) is 22.9. The van der Waals surface area contributed by atoms with E-state index in [0.717, 1.165) is 31.2 Å². The van der Waals surface area contributed by atoms with Crippen molar-refractivity contribution in [2.24, 2.45) is 0 Å². The van der Waals surface area contributed by atoms with Gasteiger partial charge in [0.15, 0.2) is 11.5 Å². The smallest absolute Gasteiger partial charge is 0.247 e. The Morgan fingerprint density at radius 3 is 2.34 bits per heavy atom. The van der Waals surface area contributed by atoms with Crippen molar-refractivity contribution in [3.8, 4) is 11.5 Å². The van der Waals surface area contributed by atoms with E-state index in [4.69, 9.17) is 21.1 Å². The number of ether oxygens (including phenoxy) is 2. The molecule has 1 aliphatic rings. The van der Waals surface area contributed by atoms with Crippen LogP contribution < -0.4 is 14.8 Å². The van der Waals surface area contributed by atoms with E-state index >= 15 is 0 Å². The molecule has 2 aromatic rings. The van der Waals surface area contributed by atoms with Crippen molar-refractivity contribution < 1.29 is 19.1 Å². The fraction of sp³-hybridized carbons (Fsp3) is 0.440. The molecule has 0 aliphatic heterocycles. The lowest BCUT2D eigenvalue weighted by Crippen LogP contribution is -2.47. The number of benzene rings is 2. The van der Waals surface area contributed by atoms with Crippen molar-refractivity contribution in [3.05, 3.63) is 59.7 Å². The van der Waals surface area contributed by atoms with Gasteiger partial charge < -0.3 is 19.7 Å². The fourth-order valence-electron chi connectivity index (χ4n) is 4.20. The van der Waals surface area contributed by atoms with Gasteiger partial charge >= 0.3 is 0 Å². The van der Waals surface area contributed by atoms with Gasteiger partial charge in [0.25, 0.3) is 0 Å². The van der Waals surface area contributed by atoms with Crippen molar-refractivity contribution in [1.82, 2.24) is 10.2 Å². The van der Waals surface area contributed by atoms with Crippen molar-refractivity contribution >= 4 is 23.4 Å². The van der Waals surface area contributed by atoms with Gasteiger partial charge in [-0.25, -0.2) is 0 Å². The molecule has 1 N–H and O–H groups in total. The summed E-state index contributed by atoms with van der Waals surface area (Å²) in [5.41, 5.74) is 1.56. The Balaban J connectivity index is 2.00. The first-order valence-electron chi connectivity index (χ1n) is 11.0. The van der Waals surface area contributed by atoms with Crippen LogP contribution >= 0.6 is 11.6 Å². The van der Waals surface area contributed by atoms with Crippen LogP contribution in [0, 0.1) is 0 Å². The third kappa shape index (κ3) is 5.94. The Morgan fingerprint density at radius 2 is 1.72 bits per heavy atom. The van der Waals surface area contributed by atoms with E-state index in [0.29, 0.717) is 17.1 Å². The standard InChI is InChI=1S/C25H31ClN2O4/c1-31-21-14-13-19(15-22(21)32-2)24(25(30)27-20-11-7-4-8-12-20)28(23(29)16-26)17-18-9-5-3-6-10-18/h3,5-6,9-10,13-15,20,24H,4,7-8,11-12,16-17H2,1-2H3,(H,27,30)/t24-/m0/s1. The number of carbonyl (C=O) groups is 2.